The summed E-state index contributed by atoms with van der Waals surface area (Å²) in [5.74, 6) is 0.177. The molecular formula is C25H25N3O4S. The van der Waals surface area contributed by atoms with Crippen molar-refractivity contribution < 1.29 is 19.1 Å². The topological polar surface area (TPSA) is 93.9 Å². The Kier molecular flexibility index (Phi) is 5.78. The van der Waals surface area contributed by atoms with E-state index in [1.807, 2.05) is 41.3 Å². The second kappa shape index (κ2) is 8.88. The molecule has 2 aromatic carbocycles. The van der Waals surface area contributed by atoms with Gasteiger partial charge in [0.25, 0.3) is 5.91 Å². The average molecular weight is 464 g/mol. The van der Waals surface area contributed by atoms with Gasteiger partial charge in [0, 0.05) is 41.5 Å². The van der Waals surface area contributed by atoms with Crippen LogP contribution in [0.5, 0.6) is 5.75 Å². The molecule has 1 aromatic heterocycles. The number of amides is 1. The average Bonchev–Trinajstić information content (AvgIpc) is 3.53. The molecule has 1 atom stereocenters. The number of methoxy groups -OCH3 is 1. The molecule has 0 bridgehead atoms. The Balaban J connectivity index is 1.57. The predicted octanol–water partition coefficient (Wildman–Crippen LogP) is 4.16. The summed E-state index contributed by atoms with van der Waals surface area (Å²) < 4.78 is 11.1. The van der Waals surface area contributed by atoms with Crippen LogP contribution in [0.1, 0.15) is 34.3 Å². The van der Waals surface area contributed by atoms with Crippen molar-refractivity contribution in [3.8, 4) is 16.9 Å². The third-order valence-corrected chi connectivity index (χ3v) is 7.03. The van der Waals surface area contributed by atoms with Gasteiger partial charge in [-0.25, -0.2) is 4.79 Å². The Morgan fingerprint density at radius 1 is 1.21 bits per heavy atom. The van der Waals surface area contributed by atoms with E-state index in [2.05, 4.69) is 16.1 Å². The fraction of sp³-hybridized carbons (Fsp3) is 0.280. The summed E-state index contributed by atoms with van der Waals surface area (Å²) in [5, 5.41) is 7.14. The number of esters is 1. The number of carbonyl (C=O) groups is 2. The highest BCUT2D eigenvalue weighted by molar-refractivity contribution is 7.08. The number of benzene rings is 2. The molecule has 5 rings (SSSR count). The molecule has 3 heterocycles. The Hall–Kier alpha value is -3.36. The van der Waals surface area contributed by atoms with Crippen molar-refractivity contribution in [3.05, 3.63) is 63.8 Å². The SMILES string of the molecule is COC(=O)[C@H]1CCCN1c1cc2c(cc1C(=O)Nc1ccc(CN)cc1)-c1cscc1CO2. The molecule has 3 N–H and O–H groups in total. The summed E-state index contributed by atoms with van der Waals surface area (Å²) in [6.45, 7) is 1.59. The quantitative estimate of drug-likeness (QED) is 0.552. The van der Waals surface area contributed by atoms with Gasteiger partial charge in [0.2, 0.25) is 0 Å². The van der Waals surface area contributed by atoms with Crippen molar-refractivity contribution in [2.24, 2.45) is 5.73 Å². The van der Waals surface area contributed by atoms with E-state index >= 15 is 0 Å². The number of hydrogen-bond donors (Lipinski definition) is 2. The first kappa shape index (κ1) is 21.5. The van der Waals surface area contributed by atoms with Gasteiger partial charge in [0.05, 0.1) is 18.4 Å². The van der Waals surface area contributed by atoms with E-state index < -0.39 is 6.04 Å². The Morgan fingerprint density at radius 3 is 2.79 bits per heavy atom. The molecule has 7 nitrogen and oxygen atoms in total. The molecule has 0 unspecified atom stereocenters. The smallest absolute Gasteiger partial charge is 0.328 e. The van der Waals surface area contributed by atoms with Crippen LogP contribution >= 0.6 is 11.3 Å². The zero-order valence-corrected chi connectivity index (χ0v) is 19.1. The van der Waals surface area contributed by atoms with Gasteiger partial charge >= 0.3 is 5.97 Å². The van der Waals surface area contributed by atoms with Gasteiger partial charge in [-0.2, -0.15) is 11.3 Å². The molecule has 0 radical (unpaired) electrons. The van der Waals surface area contributed by atoms with Crippen molar-refractivity contribution in [1.29, 1.82) is 0 Å². The molecule has 1 amide bonds. The first-order valence-electron chi connectivity index (χ1n) is 10.9. The fourth-order valence-electron chi connectivity index (χ4n) is 4.50. The lowest BCUT2D eigenvalue weighted by molar-refractivity contribution is -0.141. The second-order valence-electron chi connectivity index (χ2n) is 8.19. The molecular weight excluding hydrogens is 438 g/mol. The van der Waals surface area contributed by atoms with E-state index in [9.17, 15) is 9.59 Å². The summed E-state index contributed by atoms with van der Waals surface area (Å²) in [7, 11) is 1.39. The number of nitrogens with one attached hydrogen (secondary N) is 1. The maximum absolute atomic E-state index is 13.5. The van der Waals surface area contributed by atoms with Crippen molar-refractivity contribution in [2.75, 3.05) is 23.9 Å². The van der Waals surface area contributed by atoms with E-state index in [4.69, 9.17) is 15.2 Å². The minimum Gasteiger partial charge on any atom is -0.488 e. The zero-order chi connectivity index (χ0) is 22.9. The Bertz CT molecular complexity index is 1200. The highest BCUT2D eigenvalue weighted by Crippen LogP contribution is 2.44. The first-order valence-corrected chi connectivity index (χ1v) is 11.8. The van der Waals surface area contributed by atoms with Gasteiger partial charge in [-0.1, -0.05) is 12.1 Å². The van der Waals surface area contributed by atoms with Gasteiger partial charge in [0.1, 0.15) is 18.4 Å². The first-order chi connectivity index (χ1) is 16.1. The number of carbonyl (C=O) groups excluding carboxylic acids is 2. The van der Waals surface area contributed by atoms with Gasteiger partial charge in [-0.3, -0.25) is 4.79 Å². The number of anilines is 2. The second-order valence-corrected chi connectivity index (χ2v) is 8.94. The van der Waals surface area contributed by atoms with Gasteiger partial charge in [-0.05, 0) is 47.4 Å². The van der Waals surface area contributed by atoms with Crippen LogP contribution in [0, 0.1) is 0 Å². The van der Waals surface area contributed by atoms with Crippen LogP contribution in [0.2, 0.25) is 0 Å². The van der Waals surface area contributed by atoms with Crippen molar-refractivity contribution in [1.82, 2.24) is 0 Å². The molecule has 0 spiro atoms. The van der Waals surface area contributed by atoms with Crippen LogP contribution in [-0.2, 0) is 22.7 Å². The summed E-state index contributed by atoms with van der Waals surface area (Å²) in [4.78, 5) is 27.9. The highest BCUT2D eigenvalue weighted by Gasteiger charge is 2.35. The molecule has 3 aromatic rings. The largest absolute Gasteiger partial charge is 0.488 e. The minimum absolute atomic E-state index is 0.244. The van der Waals surface area contributed by atoms with E-state index in [1.54, 1.807) is 11.3 Å². The number of ether oxygens (including phenoxy) is 2. The highest BCUT2D eigenvalue weighted by atomic mass is 32.1. The standard InChI is InChI=1S/C25H25N3O4S/c1-31-25(30)21-3-2-8-28(21)22-10-23-18(20-14-33-13-16(20)12-32-23)9-19(22)24(29)27-17-6-4-15(11-26)5-7-17/h4-7,9-10,13-14,21H,2-3,8,11-12,26H2,1H3,(H,27,29)/t21-/m1/s1. The predicted molar refractivity (Wildman–Crippen MR) is 129 cm³/mol. The van der Waals surface area contributed by atoms with E-state index in [-0.39, 0.29) is 11.9 Å². The van der Waals surface area contributed by atoms with E-state index in [1.165, 1.54) is 7.11 Å². The maximum Gasteiger partial charge on any atom is 0.328 e. The molecule has 0 aliphatic carbocycles. The number of fused-ring (bicyclic) bond motifs is 3. The van der Waals surface area contributed by atoms with E-state index in [0.29, 0.717) is 43.1 Å². The number of nitrogens with zero attached hydrogens (tertiary/aromatic N) is 1. The number of hydrogen-bond acceptors (Lipinski definition) is 7. The van der Waals surface area contributed by atoms with Crippen LogP contribution in [0.15, 0.2) is 47.2 Å². The summed E-state index contributed by atoms with van der Waals surface area (Å²) in [5.41, 5.74) is 11.6. The third kappa shape index (κ3) is 3.96. The molecule has 0 saturated carbocycles. The Morgan fingerprint density at radius 2 is 2.03 bits per heavy atom. The number of nitrogens with two attached hydrogens (primary N) is 1. The molecule has 1 saturated heterocycles. The zero-order valence-electron chi connectivity index (χ0n) is 18.3. The lowest BCUT2D eigenvalue weighted by Crippen LogP contribution is -2.38. The summed E-state index contributed by atoms with van der Waals surface area (Å²) in [6, 6.07) is 10.8. The van der Waals surface area contributed by atoms with Crippen molar-refractivity contribution in [2.45, 2.75) is 32.0 Å². The third-order valence-electron chi connectivity index (χ3n) is 6.24. The van der Waals surface area contributed by atoms with Crippen molar-refractivity contribution in [3.63, 3.8) is 0 Å². The Labute approximate surface area is 196 Å². The van der Waals surface area contributed by atoms with Crippen LogP contribution in [0.25, 0.3) is 11.1 Å². The molecule has 33 heavy (non-hydrogen) atoms. The normalized spacial score (nSPS) is 16.5. The molecule has 170 valence electrons. The van der Waals surface area contributed by atoms with Crippen LogP contribution in [0.4, 0.5) is 11.4 Å². The molecule has 8 heteroatoms. The van der Waals surface area contributed by atoms with Crippen LogP contribution in [-0.4, -0.2) is 31.6 Å². The van der Waals surface area contributed by atoms with Gasteiger partial charge < -0.3 is 25.4 Å². The van der Waals surface area contributed by atoms with Gasteiger partial charge in [0.15, 0.2) is 0 Å². The lowest BCUT2D eigenvalue weighted by atomic mass is 9.97. The number of thiophene rings is 1. The number of rotatable bonds is 5. The van der Waals surface area contributed by atoms with Crippen LogP contribution in [0.3, 0.4) is 0 Å². The van der Waals surface area contributed by atoms with Crippen molar-refractivity contribution >= 4 is 34.6 Å². The fourth-order valence-corrected chi connectivity index (χ4v) is 5.35. The van der Waals surface area contributed by atoms with Gasteiger partial charge in [-0.15, -0.1) is 0 Å². The monoisotopic (exact) mass is 463 g/mol. The van der Waals surface area contributed by atoms with Crippen LogP contribution < -0.4 is 20.7 Å². The summed E-state index contributed by atoms with van der Waals surface area (Å²) >= 11 is 1.61. The molecule has 2 aliphatic heterocycles. The maximum atomic E-state index is 13.5. The minimum atomic E-state index is -0.427. The molecule has 1 fully saturated rings. The molecule has 2 aliphatic rings. The van der Waals surface area contributed by atoms with E-state index in [0.717, 1.165) is 34.4 Å². The summed E-state index contributed by atoms with van der Waals surface area (Å²) in [6.07, 6.45) is 1.52. The lowest BCUT2D eigenvalue weighted by Gasteiger charge is -2.29.